The van der Waals surface area contributed by atoms with Crippen LogP contribution in [0.4, 0.5) is 4.39 Å². The van der Waals surface area contributed by atoms with Crippen LogP contribution in [0.25, 0.3) is 0 Å². The molecule has 19 heavy (non-hydrogen) atoms. The van der Waals surface area contributed by atoms with Crippen LogP contribution < -0.4 is 10.1 Å². The SMILES string of the molecule is CCn1nccc1C(NC)c1ccc(OC)cc1F. The first kappa shape index (κ1) is 13.5. The second-order valence-electron chi connectivity index (χ2n) is 4.18. The molecule has 0 radical (unpaired) electrons. The lowest BCUT2D eigenvalue weighted by atomic mass is 10.0. The van der Waals surface area contributed by atoms with Gasteiger partial charge in [-0.3, -0.25) is 4.68 Å². The van der Waals surface area contributed by atoms with E-state index in [1.807, 2.05) is 17.7 Å². The van der Waals surface area contributed by atoms with Crippen LogP contribution in [0.1, 0.15) is 24.2 Å². The van der Waals surface area contributed by atoms with Gasteiger partial charge in [-0.1, -0.05) is 6.07 Å². The summed E-state index contributed by atoms with van der Waals surface area (Å²) in [6, 6.07) is 6.56. The highest BCUT2D eigenvalue weighted by atomic mass is 19.1. The van der Waals surface area contributed by atoms with Gasteiger partial charge in [0.25, 0.3) is 0 Å². The average Bonchev–Trinajstić information content (AvgIpc) is 2.89. The lowest BCUT2D eigenvalue weighted by Gasteiger charge is -2.19. The van der Waals surface area contributed by atoms with E-state index in [2.05, 4.69) is 10.4 Å². The summed E-state index contributed by atoms with van der Waals surface area (Å²) in [5.74, 6) is 0.225. The van der Waals surface area contributed by atoms with Gasteiger partial charge in [0.05, 0.1) is 18.8 Å². The fourth-order valence-corrected chi connectivity index (χ4v) is 2.18. The van der Waals surface area contributed by atoms with E-state index in [1.165, 1.54) is 13.2 Å². The van der Waals surface area contributed by atoms with Crippen LogP contribution >= 0.6 is 0 Å². The molecule has 1 atom stereocenters. The van der Waals surface area contributed by atoms with E-state index in [0.29, 0.717) is 11.3 Å². The van der Waals surface area contributed by atoms with Gasteiger partial charge in [0, 0.05) is 24.4 Å². The molecule has 5 heteroatoms. The molecule has 102 valence electrons. The van der Waals surface area contributed by atoms with E-state index in [-0.39, 0.29) is 11.9 Å². The van der Waals surface area contributed by atoms with Gasteiger partial charge in [-0.15, -0.1) is 0 Å². The molecule has 0 bridgehead atoms. The van der Waals surface area contributed by atoms with Crippen molar-refractivity contribution in [2.45, 2.75) is 19.5 Å². The number of ether oxygens (including phenoxy) is 1. The first-order valence-corrected chi connectivity index (χ1v) is 6.23. The van der Waals surface area contributed by atoms with E-state index < -0.39 is 0 Å². The number of aryl methyl sites for hydroxylation is 1. The zero-order chi connectivity index (χ0) is 13.8. The van der Waals surface area contributed by atoms with Crippen molar-refractivity contribution in [1.29, 1.82) is 0 Å². The molecule has 0 aliphatic rings. The number of methoxy groups -OCH3 is 1. The minimum atomic E-state index is -0.289. The normalized spacial score (nSPS) is 12.4. The second kappa shape index (κ2) is 5.84. The summed E-state index contributed by atoms with van der Waals surface area (Å²) in [6.45, 7) is 2.76. The van der Waals surface area contributed by atoms with E-state index in [9.17, 15) is 4.39 Å². The van der Waals surface area contributed by atoms with Crippen molar-refractivity contribution in [1.82, 2.24) is 15.1 Å². The average molecular weight is 263 g/mol. The number of aromatic nitrogens is 2. The number of nitrogens with zero attached hydrogens (tertiary/aromatic N) is 2. The highest BCUT2D eigenvalue weighted by Crippen LogP contribution is 2.26. The first-order chi connectivity index (χ1) is 9.21. The third kappa shape index (κ3) is 2.61. The van der Waals surface area contributed by atoms with Gasteiger partial charge < -0.3 is 10.1 Å². The molecule has 0 spiro atoms. The van der Waals surface area contributed by atoms with E-state index in [0.717, 1.165) is 12.2 Å². The summed E-state index contributed by atoms with van der Waals surface area (Å²) in [5.41, 5.74) is 1.52. The van der Waals surface area contributed by atoms with Crippen LogP contribution in [0.5, 0.6) is 5.75 Å². The van der Waals surface area contributed by atoms with Gasteiger partial charge in [-0.05, 0) is 26.1 Å². The first-order valence-electron chi connectivity index (χ1n) is 6.23. The lowest BCUT2D eigenvalue weighted by Crippen LogP contribution is -2.22. The topological polar surface area (TPSA) is 39.1 Å². The van der Waals surface area contributed by atoms with Crippen molar-refractivity contribution >= 4 is 0 Å². The molecular weight excluding hydrogens is 245 g/mol. The van der Waals surface area contributed by atoms with Crippen molar-refractivity contribution in [3.05, 3.63) is 47.5 Å². The molecule has 4 nitrogen and oxygen atoms in total. The van der Waals surface area contributed by atoms with Crippen molar-refractivity contribution in [2.24, 2.45) is 0 Å². The van der Waals surface area contributed by atoms with E-state index >= 15 is 0 Å². The molecule has 0 amide bonds. The molecular formula is C14H18FN3O. The Morgan fingerprint density at radius 3 is 2.79 bits per heavy atom. The molecule has 0 saturated carbocycles. The second-order valence-corrected chi connectivity index (χ2v) is 4.18. The van der Waals surface area contributed by atoms with Gasteiger partial charge in [-0.25, -0.2) is 4.39 Å². The molecule has 2 aromatic rings. The number of benzene rings is 1. The van der Waals surface area contributed by atoms with E-state index in [1.54, 1.807) is 25.4 Å². The highest BCUT2D eigenvalue weighted by molar-refractivity contribution is 5.34. The monoisotopic (exact) mass is 263 g/mol. The minimum Gasteiger partial charge on any atom is -0.497 e. The van der Waals surface area contributed by atoms with Crippen molar-refractivity contribution in [3.63, 3.8) is 0 Å². The number of rotatable bonds is 5. The molecule has 1 aromatic carbocycles. The number of hydrogen-bond acceptors (Lipinski definition) is 3. The lowest BCUT2D eigenvalue weighted by molar-refractivity contribution is 0.410. The maximum atomic E-state index is 14.2. The maximum absolute atomic E-state index is 14.2. The Morgan fingerprint density at radius 2 is 2.21 bits per heavy atom. The summed E-state index contributed by atoms with van der Waals surface area (Å²) in [6.07, 6.45) is 1.73. The predicted octanol–water partition coefficient (Wildman–Crippen LogP) is 2.36. The van der Waals surface area contributed by atoms with Crippen LogP contribution in [-0.2, 0) is 6.54 Å². The molecule has 1 N–H and O–H groups in total. The summed E-state index contributed by atoms with van der Waals surface area (Å²) in [7, 11) is 3.33. The van der Waals surface area contributed by atoms with Crippen LogP contribution in [-0.4, -0.2) is 23.9 Å². The molecule has 0 aliphatic carbocycles. The van der Waals surface area contributed by atoms with Crippen LogP contribution in [0.3, 0.4) is 0 Å². The highest BCUT2D eigenvalue weighted by Gasteiger charge is 2.19. The van der Waals surface area contributed by atoms with Gasteiger partial charge in [-0.2, -0.15) is 5.10 Å². The van der Waals surface area contributed by atoms with Crippen LogP contribution in [0.15, 0.2) is 30.5 Å². The quantitative estimate of drug-likeness (QED) is 0.900. The molecule has 0 aliphatic heterocycles. The van der Waals surface area contributed by atoms with Gasteiger partial charge >= 0.3 is 0 Å². The molecule has 2 rings (SSSR count). The smallest absolute Gasteiger partial charge is 0.132 e. The Bertz CT molecular complexity index is 553. The predicted molar refractivity (Wildman–Crippen MR) is 71.8 cm³/mol. The van der Waals surface area contributed by atoms with Crippen LogP contribution in [0.2, 0.25) is 0 Å². The van der Waals surface area contributed by atoms with E-state index in [4.69, 9.17) is 4.74 Å². The fourth-order valence-electron chi connectivity index (χ4n) is 2.18. The third-order valence-corrected chi connectivity index (χ3v) is 3.15. The summed E-state index contributed by atoms with van der Waals surface area (Å²) in [5, 5.41) is 7.35. The molecule has 1 heterocycles. The molecule has 1 unspecified atom stereocenters. The van der Waals surface area contributed by atoms with Crippen molar-refractivity contribution in [3.8, 4) is 5.75 Å². The Morgan fingerprint density at radius 1 is 1.42 bits per heavy atom. The van der Waals surface area contributed by atoms with Gasteiger partial charge in [0.15, 0.2) is 0 Å². The van der Waals surface area contributed by atoms with Gasteiger partial charge in [0.2, 0.25) is 0 Å². The Hall–Kier alpha value is -1.88. The molecule has 0 fully saturated rings. The number of halogens is 1. The number of nitrogens with one attached hydrogen (secondary N) is 1. The zero-order valence-electron chi connectivity index (χ0n) is 11.4. The summed E-state index contributed by atoms with van der Waals surface area (Å²) < 4.78 is 21.0. The Balaban J connectivity index is 2.42. The Kier molecular flexibility index (Phi) is 4.16. The zero-order valence-corrected chi connectivity index (χ0v) is 11.4. The third-order valence-electron chi connectivity index (χ3n) is 3.15. The molecule has 0 saturated heterocycles. The summed E-state index contributed by atoms with van der Waals surface area (Å²) >= 11 is 0. The minimum absolute atomic E-state index is 0.228. The Labute approximate surface area is 112 Å². The molecule has 1 aromatic heterocycles. The number of hydrogen-bond donors (Lipinski definition) is 1. The fraction of sp³-hybridized carbons (Fsp3) is 0.357. The summed E-state index contributed by atoms with van der Waals surface area (Å²) in [4.78, 5) is 0. The standard InChI is InChI=1S/C14H18FN3O/c1-4-18-13(7-8-17-18)14(16-2)11-6-5-10(19-3)9-12(11)15/h5-9,14,16H,4H2,1-3H3. The maximum Gasteiger partial charge on any atom is 0.132 e. The van der Waals surface area contributed by atoms with Crippen molar-refractivity contribution < 1.29 is 9.13 Å². The van der Waals surface area contributed by atoms with Gasteiger partial charge in [0.1, 0.15) is 11.6 Å². The van der Waals surface area contributed by atoms with Crippen LogP contribution in [0, 0.1) is 5.82 Å². The van der Waals surface area contributed by atoms with Crippen molar-refractivity contribution in [2.75, 3.05) is 14.2 Å². The largest absolute Gasteiger partial charge is 0.497 e.